The number of nitrogens with one attached hydrogen (secondary N) is 1. The third-order valence-electron chi connectivity index (χ3n) is 2.97. The monoisotopic (exact) mass is 336 g/mol. The molecule has 1 aliphatic carbocycles. The minimum atomic E-state index is -0.0811. The van der Waals surface area contributed by atoms with E-state index in [1.807, 2.05) is 12.1 Å². The van der Waals surface area contributed by atoms with Crippen LogP contribution in [0.3, 0.4) is 0 Å². The van der Waals surface area contributed by atoms with Gasteiger partial charge in [-0.2, -0.15) is 10.5 Å². The van der Waals surface area contributed by atoms with Crippen molar-refractivity contribution in [1.82, 2.24) is 15.1 Å². The van der Waals surface area contributed by atoms with E-state index in [1.54, 1.807) is 4.90 Å². The maximum atomic E-state index is 12.1. The first-order valence-electron chi connectivity index (χ1n) is 6.97. The Balaban J connectivity index is 1.79. The van der Waals surface area contributed by atoms with Gasteiger partial charge in [0.15, 0.2) is 4.34 Å². The van der Waals surface area contributed by atoms with Crippen molar-refractivity contribution >= 4 is 34.1 Å². The minimum absolute atomic E-state index is 0.0811. The molecule has 1 aliphatic rings. The number of amides is 1. The number of nitrogens with zero attached hydrogens (tertiary/aromatic N) is 5. The molecule has 0 aliphatic heterocycles. The van der Waals surface area contributed by atoms with E-state index >= 15 is 0 Å². The van der Waals surface area contributed by atoms with E-state index in [2.05, 4.69) is 15.5 Å². The number of hydrogen-bond donors (Lipinski definition) is 1. The van der Waals surface area contributed by atoms with Crippen molar-refractivity contribution in [3.05, 3.63) is 0 Å². The summed E-state index contributed by atoms with van der Waals surface area (Å²) < 4.78 is 0.747. The molecule has 22 heavy (non-hydrogen) atoms. The summed E-state index contributed by atoms with van der Waals surface area (Å²) in [6.07, 6.45) is 2.90. The number of carbonyl (C=O) groups excluding carboxylic acids is 1. The summed E-state index contributed by atoms with van der Waals surface area (Å²) in [6.45, 7) is 0.727. The summed E-state index contributed by atoms with van der Waals surface area (Å²) in [5.41, 5.74) is 0. The fourth-order valence-electron chi connectivity index (χ4n) is 1.67. The molecule has 1 saturated carbocycles. The molecule has 0 saturated heterocycles. The van der Waals surface area contributed by atoms with Crippen LogP contribution >= 0.6 is 23.1 Å². The first-order valence-corrected chi connectivity index (χ1v) is 8.77. The Bertz CT molecular complexity index is 568. The normalized spacial score (nSPS) is 13.2. The first-order chi connectivity index (χ1) is 10.7. The molecular formula is C13H16N6OS2. The molecule has 1 amide bonds. The zero-order valence-electron chi connectivity index (χ0n) is 12.0. The lowest BCUT2D eigenvalue weighted by atomic mass is 10.3. The van der Waals surface area contributed by atoms with E-state index < -0.39 is 0 Å². The van der Waals surface area contributed by atoms with Gasteiger partial charge in [-0.15, -0.1) is 10.2 Å². The van der Waals surface area contributed by atoms with Crippen LogP contribution in [0, 0.1) is 22.7 Å². The molecule has 0 aromatic carbocycles. The molecule has 0 spiro atoms. The Hall–Kier alpha value is -1.84. The van der Waals surface area contributed by atoms with Crippen molar-refractivity contribution in [1.29, 1.82) is 10.5 Å². The zero-order valence-corrected chi connectivity index (χ0v) is 13.6. The Morgan fingerprint density at radius 3 is 2.59 bits per heavy atom. The van der Waals surface area contributed by atoms with Crippen LogP contribution in [0.5, 0.6) is 0 Å². The molecule has 9 heteroatoms. The smallest absolute Gasteiger partial charge is 0.233 e. The van der Waals surface area contributed by atoms with E-state index in [-0.39, 0.29) is 24.5 Å². The van der Waals surface area contributed by atoms with E-state index in [9.17, 15) is 4.79 Å². The summed E-state index contributed by atoms with van der Waals surface area (Å²) in [6, 6.07) is 4.56. The second-order valence-corrected chi connectivity index (χ2v) is 6.98. The van der Waals surface area contributed by atoms with Crippen molar-refractivity contribution in [3.8, 4) is 12.1 Å². The molecule has 0 bridgehead atoms. The second kappa shape index (κ2) is 8.57. The number of carbonyl (C=O) groups is 1. The van der Waals surface area contributed by atoms with Crippen molar-refractivity contribution in [3.63, 3.8) is 0 Å². The number of hydrogen-bond acceptors (Lipinski definition) is 8. The molecule has 1 aromatic heterocycles. The van der Waals surface area contributed by atoms with Crippen LogP contribution in [0.25, 0.3) is 0 Å². The van der Waals surface area contributed by atoms with Gasteiger partial charge in [-0.3, -0.25) is 4.79 Å². The molecule has 1 fully saturated rings. The number of nitriles is 2. The van der Waals surface area contributed by atoms with Crippen molar-refractivity contribution < 1.29 is 4.79 Å². The molecule has 1 aromatic rings. The fourth-order valence-corrected chi connectivity index (χ4v) is 3.41. The van der Waals surface area contributed by atoms with Gasteiger partial charge < -0.3 is 10.2 Å². The highest BCUT2D eigenvalue weighted by Crippen LogP contribution is 2.30. The predicted molar refractivity (Wildman–Crippen MR) is 84.3 cm³/mol. The average molecular weight is 336 g/mol. The van der Waals surface area contributed by atoms with Crippen LogP contribution in [0.15, 0.2) is 4.34 Å². The Morgan fingerprint density at radius 1 is 1.32 bits per heavy atom. The molecule has 7 nitrogen and oxygen atoms in total. The molecule has 2 rings (SSSR count). The minimum Gasteiger partial charge on any atom is -0.357 e. The summed E-state index contributed by atoms with van der Waals surface area (Å²) in [5.74, 6) is 0.164. The molecule has 0 atom stereocenters. The Labute approximate surface area is 137 Å². The lowest BCUT2D eigenvalue weighted by Crippen LogP contribution is -2.34. The third kappa shape index (κ3) is 5.51. The average Bonchev–Trinajstić information content (AvgIpc) is 3.22. The van der Waals surface area contributed by atoms with Crippen LogP contribution in [0.4, 0.5) is 5.13 Å². The highest BCUT2D eigenvalue weighted by Gasteiger charge is 2.22. The predicted octanol–water partition coefficient (Wildman–Crippen LogP) is 1.86. The SMILES string of the molecule is N#CCCN(CCC#N)C(=O)CSc1nnc(NC2CC2)s1. The van der Waals surface area contributed by atoms with Crippen LogP contribution in [0.1, 0.15) is 25.7 Å². The Kier molecular flexibility index (Phi) is 6.44. The largest absolute Gasteiger partial charge is 0.357 e. The van der Waals surface area contributed by atoms with Crippen LogP contribution in [0.2, 0.25) is 0 Å². The van der Waals surface area contributed by atoms with E-state index in [0.29, 0.717) is 19.1 Å². The summed E-state index contributed by atoms with van der Waals surface area (Å²) in [5, 5.41) is 29.4. The van der Waals surface area contributed by atoms with Gasteiger partial charge in [0.2, 0.25) is 11.0 Å². The number of rotatable bonds is 9. The maximum absolute atomic E-state index is 12.1. The number of anilines is 1. The van der Waals surface area contributed by atoms with Gasteiger partial charge in [-0.1, -0.05) is 23.1 Å². The molecule has 1 heterocycles. The standard InChI is InChI=1S/C13H16N6OS2/c14-5-1-7-19(8-2-6-15)11(20)9-21-13-18-17-12(22-13)16-10-3-4-10/h10H,1-4,7-9H2,(H,16,17). The fraction of sp³-hybridized carbons (Fsp3) is 0.615. The van der Waals surface area contributed by atoms with Crippen molar-refractivity contribution in [2.75, 3.05) is 24.2 Å². The topological polar surface area (TPSA) is 106 Å². The summed E-state index contributed by atoms with van der Waals surface area (Å²) in [7, 11) is 0. The number of thioether (sulfide) groups is 1. The van der Waals surface area contributed by atoms with Crippen LogP contribution < -0.4 is 5.32 Å². The quantitative estimate of drug-likeness (QED) is 0.686. The third-order valence-corrected chi connectivity index (χ3v) is 4.94. The van der Waals surface area contributed by atoms with Crippen LogP contribution in [-0.2, 0) is 4.79 Å². The Morgan fingerprint density at radius 2 is 2.00 bits per heavy atom. The maximum Gasteiger partial charge on any atom is 0.233 e. The second-order valence-electron chi connectivity index (χ2n) is 4.78. The molecule has 1 N–H and O–H groups in total. The summed E-state index contributed by atoms with van der Waals surface area (Å²) in [4.78, 5) is 13.7. The van der Waals surface area contributed by atoms with Gasteiger partial charge in [0, 0.05) is 19.1 Å². The van der Waals surface area contributed by atoms with E-state index in [0.717, 1.165) is 9.47 Å². The van der Waals surface area contributed by atoms with Gasteiger partial charge in [0.05, 0.1) is 30.7 Å². The highest BCUT2D eigenvalue weighted by atomic mass is 32.2. The lowest BCUT2D eigenvalue weighted by Gasteiger charge is -2.19. The van der Waals surface area contributed by atoms with Crippen LogP contribution in [-0.4, -0.2) is 45.9 Å². The highest BCUT2D eigenvalue weighted by molar-refractivity contribution is 8.01. The van der Waals surface area contributed by atoms with Gasteiger partial charge in [0.1, 0.15) is 0 Å². The van der Waals surface area contributed by atoms with E-state index in [4.69, 9.17) is 10.5 Å². The first kappa shape index (κ1) is 16.5. The van der Waals surface area contributed by atoms with Crippen molar-refractivity contribution in [2.24, 2.45) is 0 Å². The zero-order chi connectivity index (χ0) is 15.8. The summed E-state index contributed by atoms with van der Waals surface area (Å²) >= 11 is 2.78. The molecular weight excluding hydrogens is 320 g/mol. The van der Waals surface area contributed by atoms with E-state index in [1.165, 1.54) is 35.9 Å². The molecule has 0 radical (unpaired) electrons. The van der Waals surface area contributed by atoms with Crippen molar-refractivity contribution in [2.45, 2.75) is 36.1 Å². The van der Waals surface area contributed by atoms with Gasteiger partial charge in [-0.25, -0.2) is 0 Å². The number of aromatic nitrogens is 2. The van der Waals surface area contributed by atoms with Gasteiger partial charge in [-0.05, 0) is 12.8 Å². The molecule has 116 valence electrons. The lowest BCUT2D eigenvalue weighted by molar-refractivity contribution is -0.128. The molecule has 0 unspecified atom stereocenters. The van der Waals surface area contributed by atoms with Gasteiger partial charge >= 0.3 is 0 Å². The van der Waals surface area contributed by atoms with Gasteiger partial charge in [0.25, 0.3) is 0 Å².